The van der Waals surface area contributed by atoms with Crippen molar-refractivity contribution >= 4 is 18.1 Å². The highest BCUT2D eigenvalue weighted by atomic mass is 35.7. The Kier molecular flexibility index (Phi) is 11.2. The van der Waals surface area contributed by atoms with E-state index in [0.29, 0.717) is 25.1 Å². The van der Waals surface area contributed by atoms with Crippen LogP contribution >= 0.6 is 18.1 Å². The SMILES string of the molecule is CCCCCc1cn(C2CN(C(c3ccccc3)(c3ccccc3)c3ccccc3)CC(COP(=O)(Cl)N(C)C)O2)c(=O)[nH]c1=O. The molecule has 3 unspecified atom stereocenters. The third-order valence-electron chi connectivity index (χ3n) is 8.50. The van der Waals surface area contributed by atoms with E-state index in [2.05, 4.69) is 53.2 Å². The van der Waals surface area contributed by atoms with Crippen molar-refractivity contribution in [2.45, 2.75) is 50.5 Å². The fourth-order valence-electron chi connectivity index (χ4n) is 6.20. The fraction of sp³-hybridized carbons (Fsp3) is 0.371. The number of nitrogens with zero attached hydrogens (tertiary/aromatic N) is 3. The molecule has 1 fully saturated rings. The number of aromatic amines is 1. The molecular formula is C35H42ClN4O5P. The van der Waals surface area contributed by atoms with E-state index in [9.17, 15) is 14.2 Å². The number of ether oxygens (including phenoxy) is 1. The zero-order chi connectivity index (χ0) is 32.7. The van der Waals surface area contributed by atoms with Crippen LogP contribution in [0.4, 0.5) is 0 Å². The number of nitrogens with one attached hydrogen (secondary N) is 1. The summed E-state index contributed by atoms with van der Waals surface area (Å²) in [5.41, 5.74) is 1.85. The van der Waals surface area contributed by atoms with E-state index in [-0.39, 0.29) is 12.2 Å². The Morgan fingerprint density at radius 3 is 1.96 bits per heavy atom. The molecular weight excluding hydrogens is 623 g/mol. The van der Waals surface area contributed by atoms with Crippen molar-refractivity contribution in [2.24, 2.45) is 0 Å². The Morgan fingerprint density at radius 2 is 1.46 bits per heavy atom. The van der Waals surface area contributed by atoms with Gasteiger partial charge in [-0.25, -0.2) is 9.46 Å². The van der Waals surface area contributed by atoms with Gasteiger partial charge in [0.15, 0.2) is 6.23 Å². The minimum atomic E-state index is -3.61. The lowest BCUT2D eigenvalue weighted by molar-refractivity contribution is -0.148. The zero-order valence-corrected chi connectivity index (χ0v) is 28.2. The minimum absolute atomic E-state index is 0.0815. The predicted molar refractivity (Wildman–Crippen MR) is 182 cm³/mol. The van der Waals surface area contributed by atoms with Gasteiger partial charge in [-0.1, -0.05) is 111 Å². The van der Waals surface area contributed by atoms with Crippen LogP contribution in [-0.4, -0.2) is 59.0 Å². The number of aromatic nitrogens is 2. The lowest BCUT2D eigenvalue weighted by Gasteiger charge is -2.50. The molecule has 0 saturated carbocycles. The molecule has 11 heteroatoms. The molecule has 0 aliphatic carbocycles. The Hall–Kier alpha value is -3.30. The standard InChI is InChI=1S/C35H42ClN4O5P/c1-4-5-9-16-27-23-40(34(42)37-33(27)41)32-25-39(24-31(45-32)26-44-46(36,43)38(2)3)35(28-17-10-6-11-18-28,29-19-12-7-13-20-29)30-21-14-8-15-22-30/h6-8,10-15,17-23,31-32H,4-5,9,16,24-26H2,1-3H3,(H,37,41,42). The molecule has 0 spiro atoms. The molecule has 0 bridgehead atoms. The van der Waals surface area contributed by atoms with Gasteiger partial charge in [0.2, 0.25) is 0 Å². The van der Waals surface area contributed by atoms with Gasteiger partial charge in [0.1, 0.15) is 0 Å². The summed E-state index contributed by atoms with van der Waals surface area (Å²) >= 11 is 6.28. The maximum absolute atomic E-state index is 13.4. The van der Waals surface area contributed by atoms with Gasteiger partial charge in [0.25, 0.3) is 5.56 Å². The van der Waals surface area contributed by atoms with E-state index in [1.807, 2.05) is 54.6 Å². The number of benzene rings is 3. The number of hydrogen-bond donors (Lipinski definition) is 1. The smallest absolute Gasteiger partial charge is 0.350 e. The number of hydrogen-bond acceptors (Lipinski definition) is 6. The second kappa shape index (κ2) is 15.1. The minimum Gasteiger partial charge on any atom is -0.350 e. The van der Waals surface area contributed by atoms with Gasteiger partial charge in [-0.15, -0.1) is 0 Å². The zero-order valence-electron chi connectivity index (χ0n) is 26.6. The van der Waals surface area contributed by atoms with E-state index in [0.717, 1.165) is 36.0 Å². The van der Waals surface area contributed by atoms with Crippen LogP contribution in [0.3, 0.4) is 0 Å². The molecule has 1 aliphatic rings. The largest absolute Gasteiger partial charge is 0.362 e. The topological polar surface area (TPSA) is 96.9 Å². The van der Waals surface area contributed by atoms with E-state index in [4.69, 9.17) is 20.5 Å². The van der Waals surface area contributed by atoms with Crippen LogP contribution < -0.4 is 11.2 Å². The number of rotatable bonds is 13. The van der Waals surface area contributed by atoms with Gasteiger partial charge in [0, 0.05) is 24.8 Å². The maximum atomic E-state index is 13.4. The molecule has 3 aromatic carbocycles. The van der Waals surface area contributed by atoms with Gasteiger partial charge in [-0.05, 0) is 54.9 Å². The van der Waals surface area contributed by atoms with Crippen LogP contribution in [-0.2, 0) is 25.8 Å². The number of morpholine rings is 1. The summed E-state index contributed by atoms with van der Waals surface area (Å²) in [5.74, 6) is 0. The molecule has 2 heterocycles. The molecule has 1 N–H and O–H groups in total. The third kappa shape index (κ3) is 7.31. The van der Waals surface area contributed by atoms with Crippen molar-refractivity contribution in [3.8, 4) is 0 Å². The van der Waals surface area contributed by atoms with Crippen LogP contribution in [0.25, 0.3) is 0 Å². The Bertz CT molecular complexity index is 1640. The molecule has 244 valence electrons. The van der Waals surface area contributed by atoms with Gasteiger partial charge in [-0.3, -0.25) is 23.8 Å². The van der Waals surface area contributed by atoms with E-state index < -0.39 is 30.4 Å². The highest BCUT2D eigenvalue weighted by molar-refractivity contribution is 7.83. The number of unbranched alkanes of at least 4 members (excludes halogenated alkanes) is 2. The first-order chi connectivity index (χ1) is 22.2. The summed E-state index contributed by atoms with van der Waals surface area (Å²) in [7, 11) is 3.19. The Balaban J connectivity index is 1.68. The fourth-order valence-corrected chi connectivity index (χ4v) is 6.95. The van der Waals surface area contributed by atoms with Crippen molar-refractivity contribution in [1.82, 2.24) is 19.1 Å². The second-order valence-electron chi connectivity index (χ2n) is 11.8. The number of aryl methyl sites for hydroxylation is 1. The number of halogens is 1. The van der Waals surface area contributed by atoms with Gasteiger partial charge < -0.3 is 9.26 Å². The first kappa shape index (κ1) is 34.0. The van der Waals surface area contributed by atoms with Crippen molar-refractivity contribution in [1.29, 1.82) is 0 Å². The summed E-state index contributed by atoms with van der Waals surface area (Å²) in [6, 6.07) is 30.7. The van der Waals surface area contributed by atoms with Gasteiger partial charge in [0.05, 0.1) is 18.2 Å². The van der Waals surface area contributed by atoms with Gasteiger partial charge >= 0.3 is 12.6 Å². The lowest BCUT2D eigenvalue weighted by atomic mass is 9.75. The normalized spacial score (nSPS) is 18.8. The quantitative estimate of drug-likeness (QED) is 0.101. The first-order valence-corrected chi connectivity index (χ1v) is 18.2. The molecule has 4 aromatic rings. The lowest BCUT2D eigenvalue weighted by Crippen LogP contribution is -2.58. The molecule has 1 saturated heterocycles. The summed E-state index contributed by atoms with van der Waals surface area (Å²) in [4.78, 5) is 31.0. The van der Waals surface area contributed by atoms with E-state index in [1.54, 1.807) is 20.3 Å². The van der Waals surface area contributed by atoms with Crippen molar-refractivity contribution in [3.05, 3.63) is 140 Å². The Labute approximate surface area is 275 Å². The van der Waals surface area contributed by atoms with Crippen LogP contribution in [0.15, 0.2) is 107 Å². The van der Waals surface area contributed by atoms with Crippen LogP contribution in [0.2, 0.25) is 0 Å². The Morgan fingerprint density at radius 1 is 0.913 bits per heavy atom. The molecule has 9 nitrogen and oxygen atoms in total. The van der Waals surface area contributed by atoms with Crippen molar-refractivity contribution in [2.75, 3.05) is 33.8 Å². The highest BCUT2D eigenvalue weighted by Crippen LogP contribution is 2.54. The molecule has 3 atom stereocenters. The van der Waals surface area contributed by atoms with E-state index >= 15 is 0 Å². The summed E-state index contributed by atoms with van der Waals surface area (Å²) in [6.07, 6.45) is 3.56. The summed E-state index contributed by atoms with van der Waals surface area (Å²) < 4.78 is 28.2. The predicted octanol–water partition coefficient (Wildman–Crippen LogP) is 6.39. The average molecular weight is 665 g/mol. The maximum Gasteiger partial charge on any atom is 0.362 e. The van der Waals surface area contributed by atoms with Crippen molar-refractivity contribution < 1.29 is 13.8 Å². The van der Waals surface area contributed by atoms with Crippen LogP contribution in [0.5, 0.6) is 0 Å². The average Bonchev–Trinajstić information content (AvgIpc) is 3.07. The number of H-pyrrole nitrogens is 1. The monoisotopic (exact) mass is 664 g/mol. The molecule has 1 aliphatic heterocycles. The summed E-state index contributed by atoms with van der Waals surface area (Å²) in [5, 5.41) is 0. The summed E-state index contributed by atoms with van der Waals surface area (Å²) in [6.45, 7) is -0.929. The molecule has 46 heavy (non-hydrogen) atoms. The second-order valence-corrected chi connectivity index (χ2v) is 15.0. The highest BCUT2D eigenvalue weighted by Gasteiger charge is 2.47. The molecule has 1 aromatic heterocycles. The third-order valence-corrected chi connectivity index (χ3v) is 11.1. The first-order valence-electron chi connectivity index (χ1n) is 15.7. The molecule has 5 rings (SSSR count). The van der Waals surface area contributed by atoms with Crippen LogP contribution in [0, 0.1) is 0 Å². The van der Waals surface area contributed by atoms with Gasteiger partial charge in [-0.2, -0.15) is 0 Å². The molecule has 0 radical (unpaired) electrons. The van der Waals surface area contributed by atoms with Crippen molar-refractivity contribution in [3.63, 3.8) is 0 Å². The molecule has 0 amide bonds. The van der Waals surface area contributed by atoms with E-state index in [1.165, 1.54) is 9.24 Å². The van der Waals surface area contributed by atoms with Crippen LogP contribution in [0.1, 0.15) is 54.7 Å².